The lowest BCUT2D eigenvalue weighted by molar-refractivity contribution is 0.0950. The van der Waals surface area contributed by atoms with E-state index >= 15 is 0 Å². The number of aromatic amines is 1. The highest BCUT2D eigenvalue weighted by atomic mass is 16.2. The standard InChI is InChI=1S/C13H17N3O2/c17-11-6-10(13(18)15-7-8-3-4-8)9-2-1-5-14-12(9)16-11/h6,8H,1-5,7H2,(H,15,18)(H2,14,16,17). The second-order valence-corrected chi connectivity index (χ2v) is 5.08. The number of amides is 1. The molecule has 5 heteroatoms. The Hall–Kier alpha value is -1.78. The molecule has 0 saturated heterocycles. The molecule has 0 unspecified atom stereocenters. The minimum absolute atomic E-state index is 0.118. The van der Waals surface area contributed by atoms with Crippen LogP contribution >= 0.6 is 0 Å². The molecule has 0 radical (unpaired) electrons. The van der Waals surface area contributed by atoms with Crippen LogP contribution in [0, 0.1) is 5.92 Å². The van der Waals surface area contributed by atoms with Crippen LogP contribution in [0.1, 0.15) is 35.2 Å². The monoisotopic (exact) mass is 247 g/mol. The van der Waals surface area contributed by atoms with E-state index in [9.17, 15) is 9.59 Å². The van der Waals surface area contributed by atoms with Gasteiger partial charge in [0.2, 0.25) is 5.56 Å². The first kappa shape index (κ1) is 11.3. The van der Waals surface area contributed by atoms with Crippen molar-refractivity contribution >= 4 is 11.7 Å². The van der Waals surface area contributed by atoms with E-state index < -0.39 is 0 Å². The summed E-state index contributed by atoms with van der Waals surface area (Å²) < 4.78 is 0. The molecule has 2 heterocycles. The average Bonchev–Trinajstić information content (AvgIpc) is 3.19. The lowest BCUT2D eigenvalue weighted by Gasteiger charge is -2.19. The van der Waals surface area contributed by atoms with Gasteiger partial charge in [-0.05, 0) is 31.6 Å². The van der Waals surface area contributed by atoms with Gasteiger partial charge in [-0.15, -0.1) is 0 Å². The third-order valence-electron chi connectivity index (χ3n) is 3.55. The predicted molar refractivity (Wildman–Crippen MR) is 68.9 cm³/mol. The summed E-state index contributed by atoms with van der Waals surface area (Å²) in [6.45, 7) is 1.57. The zero-order chi connectivity index (χ0) is 12.5. The predicted octanol–water partition coefficient (Wildman–Crippen LogP) is 0.873. The first-order valence-electron chi connectivity index (χ1n) is 6.52. The maximum absolute atomic E-state index is 12.1. The number of hydrogen-bond acceptors (Lipinski definition) is 3. The first-order valence-corrected chi connectivity index (χ1v) is 6.52. The second kappa shape index (κ2) is 4.48. The molecule has 3 rings (SSSR count). The molecule has 0 atom stereocenters. The molecule has 1 aliphatic carbocycles. The largest absolute Gasteiger partial charge is 0.371 e. The number of aromatic nitrogens is 1. The van der Waals surface area contributed by atoms with Crippen LogP contribution in [0.2, 0.25) is 0 Å². The van der Waals surface area contributed by atoms with E-state index in [1.807, 2.05) is 0 Å². The Kier molecular flexibility index (Phi) is 2.81. The maximum Gasteiger partial charge on any atom is 0.251 e. The van der Waals surface area contributed by atoms with Crippen LogP contribution in [-0.2, 0) is 6.42 Å². The molecule has 0 aromatic carbocycles. The Morgan fingerprint density at radius 2 is 2.28 bits per heavy atom. The summed E-state index contributed by atoms with van der Waals surface area (Å²) in [4.78, 5) is 26.4. The van der Waals surface area contributed by atoms with E-state index in [-0.39, 0.29) is 11.5 Å². The number of pyridine rings is 1. The summed E-state index contributed by atoms with van der Waals surface area (Å²) >= 11 is 0. The number of fused-ring (bicyclic) bond motifs is 1. The Bertz CT molecular complexity index is 532. The molecule has 1 saturated carbocycles. The lowest BCUT2D eigenvalue weighted by Crippen LogP contribution is -2.30. The fourth-order valence-electron chi connectivity index (χ4n) is 2.33. The number of H-pyrrole nitrogens is 1. The zero-order valence-electron chi connectivity index (χ0n) is 10.2. The maximum atomic E-state index is 12.1. The summed E-state index contributed by atoms with van der Waals surface area (Å²) in [5.74, 6) is 1.24. The van der Waals surface area contributed by atoms with Gasteiger partial charge in [0.25, 0.3) is 5.91 Å². The van der Waals surface area contributed by atoms with Crippen LogP contribution < -0.4 is 16.2 Å². The van der Waals surface area contributed by atoms with E-state index in [0.29, 0.717) is 17.3 Å². The van der Waals surface area contributed by atoms with Gasteiger partial charge < -0.3 is 15.6 Å². The summed E-state index contributed by atoms with van der Waals surface area (Å²) in [7, 11) is 0. The molecule has 1 aromatic heterocycles. The fourth-order valence-corrected chi connectivity index (χ4v) is 2.33. The number of hydrogen-bond donors (Lipinski definition) is 3. The van der Waals surface area contributed by atoms with E-state index in [1.54, 1.807) is 0 Å². The summed E-state index contributed by atoms with van der Waals surface area (Å²) in [6.07, 6.45) is 4.23. The molecule has 18 heavy (non-hydrogen) atoms. The Labute approximate surface area is 105 Å². The number of carbonyl (C=O) groups excluding carboxylic acids is 1. The Morgan fingerprint density at radius 1 is 1.44 bits per heavy atom. The molecule has 0 bridgehead atoms. The molecular weight excluding hydrogens is 230 g/mol. The zero-order valence-corrected chi connectivity index (χ0v) is 10.2. The van der Waals surface area contributed by atoms with E-state index in [1.165, 1.54) is 18.9 Å². The van der Waals surface area contributed by atoms with Crippen molar-refractivity contribution in [1.82, 2.24) is 10.3 Å². The minimum Gasteiger partial charge on any atom is -0.371 e. The highest BCUT2D eigenvalue weighted by Crippen LogP contribution is 2.28. The van der Waals surface area contributed by atoms with Crippen molar-refractivity contribution in [1.29, 1.82) is 0 Å². The van der Waals surface area contributed by atoms with Gasteiger partial charge in [-0.3, -0.25) is 9.59 Å². The summed E-state index contributed by atoms with van der Waals surface area (Å²) in [5.41, 5.74) is 1.25. The van der Waals surface area contributed by atoms with Gasteiger partial charge in [0.05, 0.1) is 5.56 Å². The van der Waals surface area contributed by atoms with Crippen molar-refractivity contribution in [2.24, 2.45) is 5.92 Å². The Balaban J connectivity index is 1.86. The van der Waals surface area contributed by atoms with Crippen molar-refractivity contribution in [2.45, 2.75) is 25.7 Å². The van der Waals surface area contributed by atoms with Crippen LogP contribution in [0.5, 0.6) is 0 Å². The molecule has 5 nitrogen and oxygen atoms in total. The van der Waals surface area contributed by atoms with Crippen molar-refractivity contribution in [3.8, 4) is 0 Å². The van der Waals surface area contributed by atoms with Gasteiger partial charge in [0.15, 0.2) is 0 Å². The smallest absolute Gasteiger partial charge is 0.251 e. The van der Waals surface area contributed by atoms with Gasteiger partial charge in [-0.1, -0.05) is 0 Å². The Morgan fingerprint density at radius 3 is 3.06 bits per heavy atom. The summed E-state index contributed by atoms with van der Waals surface area (Å²) in [5, 5.41) is 6.06. The van der Waals surface area contributed by atoms with Gasteiger partial charge in [-0.25, -0.2) is 0 Å². The molecule has 3 N–H and O–H groups in total. The third-order valence-corrected chi connectivity index (χ3v) is 3.55. The van der Waals surface area contributed by atoms with Crippen LogP contribution in [0.25, 0.3) is 0 Å². The third kappa shape index (κ3) is 2.25. The molecule has 1 amide bonds. The van der Waals surface area contributed by atoms with Crippen LogP contribution in [0.15, 0.2) is 10.9 Å². The average molecular weight is 247 g/mol. The molecule has 96 valence electrons. The quantitative estimate of drug-likeness (QED) is 0.742. The number of nitrogens with one attached hydrogen (secondary N) is 3. The molecule has 1 aromatic rings. The van der Waals surface area contributed by atoms with Crippen molar-refractivity contribution in [3.63, 3.8) is 0 Å². The van der Waals surface area contributed by atoms with E-state index in [0.717, 1.165) is 31.5 Å². The van der Waals surface area contributed by atoms with Gasteiger partial charge >= 0.3 is 0 Å². The topological polar surface area (TPSA) is 74.0 Å². The minimum atomic E-state index is -0.222. The van der Waals surface area contributed by atoms with Gasteiger partial charge in [0.1, 0.15) is 5.82 Å². The first-order chi connectivity index (χ1) is 8.74. The number of carbonyl (C=O) groups is 1. The van der Waals surface area contributed by atoms with Crippen molar-refractivity contribution < 1.29 is 4.79 Å². The van der Waals surface area contributed by atoms with E-state index in [4.69, 9.17) is 0 Å². The second-order valence-electron chi connectivity index (χ2n) is 5.08. The summed E-state index contributed by atoms with van der Waals surface area (Å²) in [6, 6.07) is 1.41. The van der Waals surface area contributed by atoms with Crippen molar-refractivity contribution in [3.05, 3.63) is 27.5 Å². The number of rotatable bonds is 3. The lowest BCUT2D eigenvalue weighted by atomic mass is 10.0. The highest BCUT2D eigenvalue weighted by Gasteiger charge is 2.24. The fraction of sp³-hybridized carbons (Fsp3) is 0.538. The molecule has 1 fully saturated rings. The highest BCUT2D eigenvalue weighted by molar-refractivity contribution is 5.96. The van der Waals surface area contributed by atoms with Crippen LogP contribution in [0.4, 0.5) is 5.82 Å². The molecular formula is C13H17N3O2. The normalized spacial score (nSPS) is 17.8. The van der Waals surface area contributed by atoms with Crippen LogP contribution in [0.3, 0.4) is 0 Å². The van der Waals surface area contributed by atoms with Crippen LogP contribution in [-0.4, -0.2) is 24.0 Å². The molecule has 2 aliphatic rings. The van der Waals surface area contributed by atoms with E-state index in [2.05, 4.69) is 15.6 Å². The number of anilines is 1. The molecule has 1 aliphatic heterocycles. The van der Waals surface area contributed by atoms with Gasteiger partial charge in [-0.2, -0.15) is 0 Å². The van der Waals surface area contributed by atoms with Crippen molar-refractivity contribution in [2.75, 3.05) is 18.4 Å². The molecule has 0 spiro atoms. The van der Waals surface area contributed by atoms with Gasteiger partial charge in [0, 0.05) is 24.7 Å². The SMILES string of the molecule is O=C(NCC1CC1)c1cc(=O)[nH]c2c1CCCN2.